The van der Waals surface area contributed by atoms with Crippen molar-refractivity contribution >= 4 is 21.8 Å². The first-order valence-electron chi connectivity index (χ1n) is 7.84. The van der Waals surface area contributed by atoms with Gasteiger partial charge in [-0.2, -0.15) is 0 Å². The first kappa shape index (κ1) is 17.8. The Morgan fingerprint density at radius 2 is 2.00 bits per heavy atom. The van der Waals surface area contributed by atoms with Crippen molar-refractivity contribution < 1.29 is 4.79 Å². The normalized spacial score (nSPS) is 12.4. The maximum atomic E-state index is 12.6. The number of halogens is 1. The number of aromatic nitrogens is 1. The molecule has 1 heterocycles. The van der Waals surface area contributed by atoms with Gasteiger partial charge in [0.25, 0.3) is 5.91 Å². The molecule has 1 aromatic carbocycles. The molecule has 0 radical (unpaired) electrons. The van der Waals surface area contributed by atoms with Crippen LogP contribution in [0.2, 0.25) is 0 Å². The monoisotopic (exact) mass is 377 g/mol. The second-order valence-corrected chi connectivity index (χ2v) is 6.87. The summed E-state index contributed by atoms with van der Waals surface area (Å²) in [4.78, 5) is 14.7. The van der Waals surface area contributed by atoms with Crippen LogP contribution in [0.25, 0.3) is 0 Å². The SMILES string of the molecule is CCn1cc(Br)cc1C(=O)NC(Cc1ccccc1)CN(C)C. The molecule has 1 amide bonds. The Morgan fingerprint density at radius 1 is 1.30 bits per heavy atom. The standard InChI is InChI=1S/C18H24BrN3O/c1-4-22-12-15(19)11-17(22)18(23)20-16(13-21(2)3)10-14-8-6-5-7-9-14/h5-9,11-12,16H,4,10,13H2,1-3H3,(H,20,23). The highest BCUT2D eigenvalue weighted by Crippen LogP contribution is 2.15. The minimum absolute atomic E-state index is 0.0275. The third-order valence-electron chi connectivity index (χ3n) is 3.68. The fourth-order valence-electron chi connectivity index (χ4n) is 2.69. The lowest BCUT2D eigenvalue weighted by molar-refractivity contribution is 0.0921. The van der Waals surface area contributed by atoms with Gasteiger partial charge in [-0.3, -0.25) is 4.79 Å². The molecule has 1 N–H and O–H groups in total. The van der Waals surface area contributed by atoms with Crippen molar-refractivity contribution in [3.63, 3.8) is 0 Å². The lowest BCUT2D eigenvalue weighted by atomic mass is 10.1. The van der Waals surface area contributed by atoms with Gasteiger partial charge < -0.3 is 14.8 Å². The summed E-state index contributed by atoms with van der Waals surface area (Å²) in [6.07, 6.45) is 2.76. The number of carbonyl (C=O) groups excluding carboxylic acids is 1. The molecule has 5 heteroatoms. The number of likely N-dealkylation sites (N-methyl/N-ethyl adjacent to an activating group) is 1. The van der Waals surface area contributed by atoms with Gasteiger partial charge in [-0.1, -0.05) is 30.3 Å². The van der Waals surface area contributed by atoms with Crippen LogP contribution < -0.4 is 5.32 Å². The van der Waals surface area contributed by atoms with Crippen molar-refractivity contribution in [2.24, 2.45) is 0 Å². The van der Waals surface area contributed by atoms with Gasteiger partial charge in [0, 0.05) is 29.8 Å². The lowest BCUT2D eigenvalue weighted by Crippen LogP contribution is -2.43. The quantitative estimate of drug-likeness (QED) is 0.804. The minimum atomic E-state index is -0.0275. The van der Waals surface area contributed by atoms with E-state index in [9.17, 15) is 4.79 Å². The molecule has 0 aliphatic carbocycles. The van der Waals surface area contributed by atoms with Crippen LogP contribution >= 0.6 is 15.9 Å². The van der Waals surface area contributed by atoms with E-state index in [4.69, 9.17) is 0 Å². The van der Waals surface area contributed by atoms with E-state index in [0.717, 1.165) is 24.0 Å². The Kier molecular flexibility index (Phi) is 6.42. The van der Waals surface area contributed by atoms with E-state index in [1.807, 2.05) is 56.0 Å². The summed E-state index contributed by atoms with van der Waals surface area (Å²) >= 11 is 3.44. The predicted octanol–water partition coefficient (Wildman–Crippen LogP) is 3.17. The summed E-state index contributed by atoms with van der Waals surface area (Å²) in [7, 11) is 4.05. The van der Waals surface area contributed by atoms with Gasteiger partial charge in [-0.25, -0.2) is 0 Å². The van der Waals surface area contributed by atoms with E-state index >= 15 is 0 Å². The Bertz CT molecular complexity index is 637. The number of rotatable bonds is 7. The molecule has 0 saturated heterocycles. The summed E-state index contributed by atoms with van der Waals surface area (Å²) in [6.45, 7) is 3.60. The summed E-state index contributed by atoms with van der Waals surface area (Å²) in [5.41, 5.74) is 1.92. The lowest BCUT2D eigenvalue weighted by Gasteiger charge is -2.23. The largest absolute Gasteiger partial charge is 0.346 e. The second kappa shape index (κ2) is 8.31. The van der Waals surface area contributed by atoms with E-state index in [1.165, 1.54) is 5.56 Å². The number of hydrogen-bond acceptors (Lipinski definition) is 2. The minimum Gasteiger partial charge on any atom is -0.346 e. The number of carbonyl (C=O) groups is 1. The summed E-state index contributed by atoms with van der Waals surface area (Å²) < 4.78 is 2.88. The number of aryl methyl sites for hydroxylation is 1. The van der Waals surface area contributed by atoms with Crippen LogP contribution in [0.15, 0.2) is 47.1 Å². The van der Waals surface area contributed by atoms with Gasteiger partial charge in [0.1, 0.15) is 5.69 Å². The van der Waals surface area contributed by atoms with Crippen LogP contribution in [0.3, 0.4) is 0 Å². The highest BCUT2D eigenvalue weighted by molar-refractivity contribution is 9.10. The van der Waals surface area contributed by atoms with Gasteiger partial charge in [0.15, 0.2) is 0 Å². The zero-order valence-electron chi connectivity index (χ0n) is 13.9. The Balaban J connectivity index is 2.11. The summed E-state index contributed by atoms with van der Waals surface area (Å²) in [5, 5.41) is 3.18. The van der Waals surface area contributed by atoms with Gasteiger partial charge in [-0.05, 0) is 55.0 Å². The zero-order valence-corrected chi connectivity index (χ0v) is 15.5. The van der Waals surface area contributed by atoms with Crippen molar-refractivity contribution in [1.82, 2.24) is 14.8 Å². The van der Waals surface area contributed by atoms with Crippen molar-refractivity contribution in [3.05, 3.63) is 58.3 Å². The fraction of sp³-hybridized carbons (Fsp3) is 0.389. The van der Waals surface area contributed by atoms with E-state index in [2.05, 4.69) is 38.3 Å². The highest BCUT2D eigenvalue weighted by Gasteiger charge is 2.18. The summed E-state index contributed by atoms with van der Waals surface area (Å²) in [5.74, 6) is -0.0275. The molecule has 1 aromatic heterocycles. The van der Waals surface area contributed by atoms with Crippen molar-refractivity contribution in [2.75, 3.05) is 20.6 Å². The highest BCUT2D eigenvalue weighted by atomic mass is 79.9. The first-order valence-corrected chi connectivity index (χ1v) is 8.64. The molecule has 1 unspecified atom stereocenters. The Morgan fingerprint density at radius 3 is 2.61 bits per heavy atom. The van der Waals surface area contributed by atoms with Crippen LogP contribution in [0.5, 0.6) is 0 Å². The molecule has 2 aromatic rings. The average Bonchev–Trinajstić information content (AvgIpc) is 2.88. The number of nitrogens with zero attached hydrogens (tertiary/aromatic N) is 2. The van der Waals surface area contributed by atoms with Crippen LogP contribution in [0.4, 0.5) is 0 Å². The molecule has 0 saturated carbocycles. The maximum absolute atomic E-state index is 12.6. The Labute approximate surface area is 146 Å². The van der Waals surface area contributed by atoms with E-state index < -0.39 is 0 Å². The molecular weight excluding hydrogens is 354 g/mol. The third kappa shape index (κ3) is 5.22. The number of hydrogen-bond donors (Lipinski definition) is 1. The van der Waals surface area contributed by atoms with Crippen molar-refractivity contribution in [2.45, 2.75) is 25.9 Å². The molecule has 23 heavy (non-hydrogen) atoms. The van der Waals surface area contributed by atoms with Crippen molar-refractivity contribution in [1.29, 1.82) is 0 Å². The van der Waals surface area contributed by atoms with Crippen LogP contribution in [0, 0.1) is 0 Å². The first-order chi connectivity index (χ1) is 11.0. The van der Waals surface area contributed by atoms with Gasteiger partial charge in [-0.15, -0.1) is 0 Å². The maximum Gasteiger partial charge on any atom is 0.268 e. The molecule has 4 nitrogen and oxygen atoms in total. The fourth-order valence-corrected chi connectivity index (χ4v) is 3.15. The van der Waals surface area contributed by atoms with E-state index in [1.54, 1.807) is 0 Å². The molecule has 0 aliphatic heterocycles. The van der Waals surface area contributed by atoms with Gasteiger partial charge in [0.05, 0.1) is 0 Å². The molecule has 0 spiro atoms. The summed E-state index contributed by atoms with van der Waals surface area (Å²) in [6, 6.07) is 12.2. The Hall–Kier alpha value is -1.59. The van der Waals surface area contributed by atoms with Gasteiger partial charge in [0.2, 0.25) is 0 Å². The van der Waals surface area contributed by atoms with Crippen LogP contribution in [0.1, 0.15) is 23.0 Å². The van der Waals surface area contributed by atoms with Crippen molar-refractivity contribution in [3.8, 4) is 0 Å². The molecule has 1 atom stereocenters. The second-order valence-electron chi connectivity index (χ2n) is 5.95. The molecular formula is C18H24BrN3O. The van der Waals surface area contributed by atoms with Crippen LogP contribution in [-0.4, -0.2) is 42.1 Å². The number of benzene rings is 1. The van der Waals surface area contributed by atoms with Crippen LogP contribution in [-0.2, 0) is 13.0 Å². The van der Waals surface area contributed by atoms with E-state index in [0.29, 0.717) is 5.69 Å². The number of nitrogens with one attached hydrogen (secondary N) is 1. The number of amides is 1. The topological polar surface area (TPSA) is 37.3 Å². The molecule has 0 bridgehead atoms. The molecule has 2 rings (SSSR count). The molecule has 0 fully saturated rings. The van der Waals surface area contributed by atoms with E-state index in [-0.39, 0.29) is 11.9 Å². The molecule has 124 valence electrons. The smallest absolute Gasteiger partial charge is 0.268 e. The third-order valence-corrected chi connectivity index (χ3v) is 4.12. The zero-order chi connectivity index (χ0) is 16.8. The predicted molar refractivity (Wildman–Crippen MR) is 97.8 cm³/mol. The van der Waals surface area contributed by atoms with Gasteiger partial charge >= 0.3 is 0 Å². The average molecular weight is 378 g/mol. The molecule has 0 aliphatic rings.